The van der Waals surface area contributed by atoms with Gasteiger partial charge in [0, 0.05) is 36.7 Å². The lowest BCUT2D eigenvalue weighted by molar-refractivity contribution is 0.184. The molecule has 0 unspecified atom stereocenters. The van der Waals surface area contributed by atoms with Gasteiger partial charge in [0.25, 0.3) is 5.56 Å². The summed E-state index contributed by atoms with van der Waals surface area (Å²) in [6, 6.07) is 6.51. The summed E-state index contributed by atoms with van der Waals surface area (Å²) < 4.78 is 2.79. The summed E-state index contributed by atoms with van der Waals surface area (Å²) in [5.41, 5.74) is 0.858. The van der Waals surface area contributed by atoms with E-state index in [1.165, 1.54) is 0 Å². The Hall–Kier alpha value is -1.24. The zero-order chi connectivity index (χ0) is 18.7. The summed E-state index contributed by atoms with van der Waals surface area (Å²) in [4.78, 5) is 20.6. The van der Waals surface area contributed by atoms with Crippen molar-refractivity contribution in [1.29, 1.82) is 0 Å². The smallest absolute Gasteiger partial charge is 0.261 e. The lowest BCUT2D eigenvalue weighted by Gasteiger charge is -2.31. The van der Waals surface area contributed by atoms with Crippen LogP contribution in [0.25, 0.3) is 10.9 Å². The predicted molar refractivity (Wildman–Crippen MR) is 111 cm³/mol. The van der Waals surface area contributed by atoms with Gasteiger partial charge in [-0.05, 0) is 44.9 Å². The first kappa shape index (κ1) is 19.5. The molecule has 6 heteroatoms. The van der Waals surface area contributed by atoms with Crippen molar-refractivity contribution in [3.63, 3.8) is 0 Å². The minimum atomic E-state index is 0.0659. The highest BCUT2D eigenvalue weighted by atomic mass is 79.9. The third-order valence-electron chi connectivity index (χ3n) is 5.30. The van der Waals surface area contributed by atoms with E-state index in [1.807, 2.05) is 29.7 Å². The molecule has 5 nitrogen and oxygen atoms in total. The number of nitrogens with one attached hydrogen (secondary N) is 1. The topological polar surface area (TPSA) is 50.2 Å². The molecule has 2 heterocycles. The molecule has 1 aromatic carbocycles. The van der Waals surface area contributed by atoms with Gasteiger partial charge in [0.05, 0.1) is 16.9 Å². The number of halogens is 1. The lowest BCUT2D eigenvalue weighted by atomic mass is 10.1. The Morgan fingerprint density at radius 2 is 2.15 bits per heavy atom. The number of nitrogens with zero attached hydrogens (tertiary/aromatic N) is 3. The normalized spacial score (nSPS) is 20.2. The Morgan fingerprint density at radius 1 is 1.35 bits per heavy atom. The van der Waals surface area contributed by atoms with E-state index in [1.54, 1.807) is 0 Å². The van der Waals surface area contributed by atoms with E-state index in [4.69, 9.17) is 4.98 Å². The van der Waals surface area contributed by atoms with Crippen LogP contribution in [0.3, 0.4) is 0 Å². The molecule has 1 aromatic heterocycles. The molecular formula is C20H29BrN4O. The van der Waals surface area contributed by atoms with Crippen LogP contribution in [-0.2, 0) is 6.54 Å². The van der Waals surface area contributed by atoms with Crippen LogP contribution in [0.4, 0.5) is 0 Å². The molecule has 3 rings (SSSR count). The molecule has 1 N–H and O–H groups in total. The van der Waals surface area contributed by atoms with E-state index >= 15 is 0 Å². The molecule has 1 fully saturated rings. The fourth-order valence-electron chi connectivity index (χ4n) is 3.86. The van der Waals surface area contributed by atoms with Crippen LogP contribution >= 0.6 is 15.9 Å². The fourth-order valence-corrected chi connectivity index (χ4v) is 4.22. The first-order chi connectivity index (χ1) is 12.5. The highest BCUT2D eigenvalue weighted by molar-refractivity contribution is 9.10. The maximum Gasteiger partial charge on any atom is 0.261 e. The van der Waals surface area contributed by atoms with Gasteiger partial charge >= 0.3 is 0 Å². The highest BCUT2D eigenvalue weighted by Crippen LogP contribution is 2.27. The number of aromatic nitrogens is 2. The second-order valence-electron chi connectivity index (χ2n) is 7.17. The molecule has 2 aromatic rings. The summed E-state index contributed by atoms with van der Waals surface area (Å²) in [5.74, 6) is 0.920. The van der Waals surface area contributed by atoms with Crippen LogP contribution in [0.1, 0.15) is 51.9 Å². The van der Waals surface area contributed by atoms with Crippen molar-refractivity contribution in [2.75, 3.05) is 19.6 Å². The van der Waals surface area contributed by atoms with Gasteiger partial charge in [-0.2, -0.15) is 0 Å². The van der Waals surface area contributed by atoms with Gasteiger partial charge in [-0.1, -0.05) is 29.3 Å². The second-order valence-corrected chi connectivity index (χ2v) is 8.08. The van der Waals surface area contributed by atoms with Crippen LogP contribution in [0, 0.1) is 0 Å². The molecule has 0 radical (unpaired) electrons. The van der Waals surface area contributed by atoms with Crippen LogP contribution in [0.5, 0.6) is 0 Å². The van der Waals surface area contributed by atoms with Crippen LogP contribution < -0.4 is 10.9 Å². The number of hydrogen-bond acceptors (Lipinski definition) is 4. The fraction of sp³-hybridized carbons (Fsp3) is 0.600. The van der Waals surface area contributed by atoms with E-state index in [2.05, 4.69) is 40.0 Å². The average Bonchev–Trinajstić information content (AvgIpc) is 2.85. The van der Waals surface area contributed by atoms with E-state index < -0.39 is 0 Å². The van der Waals surface area contributed by atoms with Gasteiger partial charge in [0.15, 0.2) is 0 Å². The first-order valence-corrected chi connectivity index (χ1v) is 10.5. The van der Waals surface area contributed by atoms with Crippen molar-refractivity contribution >= 4 is 26.8 Å². The second kappa shape index (κ2) is 8.63. The van der Waals surface area contributed by atoms with Crippen LogP contribution in [-0.4, -0.2) is 40.1 Å². The number of benzene rings is 1. The third-order valence-corrected chi connectivity index (χ3v) is 5.80. The minimum absolute atomic E-state index is 0.0659. The summed E-state index contributed by atoms with van der Waals surface area (Å²) in [6.07, 6.45) is 3.21. The molecule has 1 aliphatic rings. The maximum absolute atomic E-state index is 13.1. The molecule has 0 saturated carbocycles. The largest absolute Gasteiger partial charge is 0.313 e. The third kappa shape index (κ3) is 4.02. The Morgan fingerprint density at radius 3 is 2.88 bits per heavy atom. The lowest BCUT2D eigenvalue weighted by Crippen LogP contribution is -2.37. The van der Waals surface area contributed by atoms with Crippen molar-refractivity contribution in [2.45, 2.75) is 58.7 Å². The quantitative estimate of drug-likeness (QED) is 0.800. The van der Waals surface area contributed by atoms with E-state index in [-0.39, 0.29) is 11.6 Å². The van der Waals surface area contributed by atoms with Gasteiger partial charge in [0.1, 0.15) is 5.82 Å². The molecule has 1 aliphatic heterocycles. The molecule has 26 heavy (non-hydrogen) atoms. The molecule has 2 atom stereocenters. The van der Waals surface area contributed by atoms with Crippen molar-refractivity contribution in [3.05, 3.63) is 38.9 Å². The number of hydrogen-bond donors (Lipinski definition) is 1. The van der Waals surface area contributed by atoms with Gasteiger partial charge in [-0.3, -0.25) is 14.3 Å². The Kier molecular flexibility index (Phi) is 6.48. The SMILES string of the molecule is CCC[C@H](c1nc2ccc(Br)cc2c(=O)n1CC)N1CCN[C@H](C)CC1. The van der Waals surface area contributed by atoms with Crippen molar-refractivity contribution in [3.8, 4) is 0 Å². The number of fused-ring (bicyclic) bond motifs is 1. The zero-order valence-electron chi connectivity index (χ0n) is 16.0. The first-order valence-electron chi connectivity index (χ1n) is 9.72. The Balaban J connectivity index is 2.09. The standard InChI is InChI=1S/C20H29BrN4O/c1-4-6-18(24-11-9-14(3)22-10-12-24)19-23-17-8-7-15(21)13-16(17)20(26)25(19)5-2/h7-8,13-14,18,22H,4-6,9-12H2,1-3H3/t14-,18-/m1/s1. The number of rotatable bonds is 5. The molecule has 1 saturated heterocycles. The van der Waals surface area contributed by atoms with E-state index in [9.17, 15) is 4.79 Å². The highest BCUT2D eigenvalue weighted by Gasteiger charge is 2.26. The van der Waals surface area contributed by atoms with Crippen molar-refractivity contribution in [2.24, 2.45) is 0 Å². The molecule has 0 bridgehead atoms. The van der Waals surface area contributed by atoms with E-state index in [0.29, 0.717) is 18.0 Å². The van der Waals surface area contributed by atoms with Crippen LogP contribution in [0.15, 0.2) is 27.5 Å². The van der Waals surface area contributed by atoms with Gasteiger partial charge in [-0.15, -0.1) is 0 Å². The minimum Gasteiger partial charge on any atom is -0.313 e. The Bertz CT molecular complexity index is 819. The summed E-state index contributed by atoms with van der Waals surface area (Å²) in [7, 11) is 0. The average molecular weight is 421 g/mol. The van der Waals surface area contributed by atoms with Crippen molar-refractivity contribution in [1.82, 2.24) is 19.8 Å². The van der Waals surface area contributed by atoms with Gasteiger partial charge in [-0.25, -0.2) is 4.98 Å². The predicted octanol–water partition coefficient (Wildman–Crippen LogP) is 3.70. The summed E-state index contributed by atoms with van der Waals surface area (Å²) >= 11 is 3.47. The maximum atomic E-state index is 13.1. The molecule has 142 valence electrons. The summed E-state index contributed by atoms with van der Waals surface area (Å²) in [6.45, 7) is 10.1. The zero-order valence-corrected chi connectivity index (χ0v) is 17.6. The molecule has 0 amide bonds. The van der Waals surface area contributed by atoms with Gasteiger partial charge in [0.2, 0.25) is 0 Å². The van der Waals surface area contributed by atoms with Crippen molar-refractivity contribution < 1.29 is 0 Å². The Labute approximate surface area is 163 Å². The monoisotopic (exact) mass is 420 g/mol. The molecular weight excluding hydrogens is 392 g/mol. The van der Waals surface area contributed by atoms with Gasteiger partial charge < -0.3 is 5.32 Å². The summed E-state index contributed by atoms with van der Waals surface area (Å²) in [5, 5.41) is 4.25. The molecule has 0 aliphatic carbocycles. The van der Waals surface area contributed by atoms with Crippen LogP contribution in [0.2, 0.25) is 0 Å². The van der Waals surface area contributed by atoms with E-state index in [0.717, 1.165) is 54.7 Å². The molecule has 0 spiro atoms.